The van der Waals surface area contributed by atoms with Crippen LogP contribution in [0.1, 0.15) is 0 Å². The molecule has 118 valence electrons. The lowest BCUT2D eigenvalue weighted by atomic mass is 10.3. The Hall–Kier alpha value is -2.76. The maximum absolute atomic E-state index is 10.4. The minimum atomic E-state index is -0.396. The molecule has 0 saturated carbocycles. The number of nitro benzene ring substituents is 1. The maximum Gasteiger partial charge on any atom is 0.271 e. The van der Waals surface area contributed by atoms with Crippen molar-refractivity contribution in [1.82, 2.24) is 0 Å². The van der Waals surface area contributed by atoms with Crippen LogP contribution in [0.25, 0.3) is 0 Å². The van der Waals surface area contributed by atoms with Crippen molar-refractivity contribution in [2.24, 2.45) is 0 Å². The predicted octanol–water partition coefficient (Wildman–Crippen LogP) is 3.00. The van der Waals surface area contributed by atoms with Gasteiger partial charge in [0.15, 0.2) is 0 Å². The van der Waals surface area contributed by atoms with Crippen molar-refractivity contribution < 1.29 is 4.92 Å². The van der Waals surface area contributed by atoms with Crippen LogP contribution in [-0.4, -0.2) is 33.1 Å². The van der Waals surface area contributed by atoms with Crippen molar-refractivity contribution in [1.29, 1.82) is 0 Å². The molecule has 2 aromatic carbocycles. The predicted molar refractivity (Wildman–Crippen MR) is 92.6 cm³/mol. The lowest BCUT2D eigenvalue weighted by Crippen LogP contribution is -2.08. The van der Waals surface area contributed by atoms with Gasteiger partial charge in [-0.25, -0.2) is 0 Å². The molecule has 0 atom stereocenters. The van der Waals surface area contributed by atoms with Gasteiger partial charge in [-0.15, -0.1) is 0 Å². The quantitative estimate of drug-likeness (QED) is 0.536. The summed E-state index contributed by atoms with van der Waals surface area (Å²) in [6, 6.07) is 14.3. The van der Waals surface area contributed by atoms with E-state index in [0.717, 1.165) is 17.1 Å². The van der Waals surface area contributed by atoms with Crippen LogP contribution in [0.4, 0.5) is 22.7 Å². The molecule has 0 radical (unpaired) electrons. The zero-order valence-corrected chi connectivity index (χ0v) is 13.4. The Morgan fingerprint density at radius 1 is 0.909 bits per heavy atom. The Morgan fingerprint density at radius 3 is 1.82 bits per heavy atom. The van der Waals surface area contributed by atoms with E-state index in [1.165, 1.54) is 6.07 Å². The van der Waals surface area contributed by atoms with Crippen molar-refractivity contribution in [3.05, 3.63) is 58.6 Å². The van der Waals surface area contributed by atoms with Gasteiger partial charge in [0.05, 0.1) is 4.92 Å². The molecule has 0 fully saturated rings. The molecule has 0 spiro atoms. The first-order valence-corrected chi connectivity index (χ1v) is 6.76. The number of benzene rings is 2. The van der Waals surface area contributed by atoms with Crippen LogP contribution in [0.15, 0.2) is 48.5 Å². The number of nitrogens with two attached hydrogens (primary N) is 1. The van der Waals surface area contributed by atoms with E-state index < -0.39 is 4.92 Å². The van der Waals surface area contributed by atoms with Gasteiger partial charge in [0.25, 0.3) is 5.69 Å². The molecule has 0 aromatic heterocycles. The minimum Gasteiger partial charge on any atom is -0.399 e. The molecule has 2 rings (SSSR count). The molecule has 2 aromatic rings. The number of hydrogen-bond acceptors (Lipinski definition) is 5. The van der Waals surface area contributed by atoms with Gasteiger partial charge in [-0.3, -0.25) is 10.1 Å². The molecule has 0 heterocycles. The van der Waals surface area contributed by atoms with Gasteiger partial charge in [-0.2, -0.15) is 0 Å². The van der Waals surface area contributed by atoms with Crippen molar-refractivity contribution in [3.63, 3.8) is 0 Å². The Labute approximate surface area is 130 Å². The third-order valence-electron chi connectivity index (χ3n) is 2.94. The summed E-state index contributed by atoms with van der Waals surface area (Å²) in [6.07, 6.45) is 0. The molecule has 0 aliphatic rings. The summed E-state index contributed by atoms with van der Waals surface area (Å²) in [5, 5.41) is 10.4. The van der Waals surface area contributed by atoms with Gasteiger partial charge >= 0.3 is 0 Å². The zero-order valence-electron chi connectivity index (χ0n) is 13.4. The molecule has 0 aliphatic carbocycles. The third-order valence-corrected chi connectivity index (χ3v) is 2.94. The second kappa shape index (κ2) is 7.87. The topological polar surface area (TPSA) is 75.6 Å². The molecule has 0 aliphatic heterocycles. The Morgan fingerprint density at radius 2 is 1.41 bits per heavy atom. The highest BCUT2D eigenvalue weighted by Crippen LogP contribution is 2.18. The summed E-state index contributed by atoms with van der Waals surface area (Å²) in [5.74, 6) is 0. The van der Waals surface area contributed by atoms with E-state index in [1.807, 2.05) is 68.3 Å². The smallest absolute Gasteiger partial charge is 0.271 e. The SMILES string of the molecule is CN(C)c1cccc(N)c1.CN(C)c1cccc([N+](=O)[O-])c1. The monoisotopic (exact) mass is 302 g/mol. The number of hydrogen-bond donors (Lipinski definition) is 1. The minimum absolute atomic E-state index is 0.126. The molecule has 0 saturated heterocycles. The Kier molecular flexibility index (Phi) is 6.19. The summed E-state index contributed by atoms with van der Waals surface area (Å²) in [7, 11) is 7.68. The summed E-state index contributed by atoms with van der Waals surface area (Å²) in [4.78, 5) is 13.8. The first kappa shape index (κ1) is 17.3. The third kappa shape index (κ3) is 5.32. The fourth-order valence-corrected chi connectivity index (χ4v) is 1.69. The van der Waals surface area contributed by atoms with E-state index in [-0.39, 0.29) is 5.69 Å². The van der Waals surface area contributed by atoms with Crippen molar-refractivity contribution in [2.45, 2.75) is 0 Å². The van der Waals surface area contributed by atoms with Crippen molar-refractivity contribution >= 4 is 22.7 Å². The van der Waals surface area contributed by atoms with Crippen LogP contribution < -0.4 is 15.5 Å². The fraction of sp³-hybridized carbons (Fsp3) is 0.250. The average molecular weight is 302 g/mol. The van der Waals surface area contributed by atoms with E-state index in [4.69, 9.17) is 5.73 Å². The highest BCUT2D eigenvalue weighted by Gasteiger charge is 2.05. The molecule has 0 unspecified atom stereocenters. The molecule has 0 amide bonds. The fourth-order valence-electron chi connectivity index (χ4n) is 1.69. The second-order valence-corrected chi connectivity index (χ2v) is 5.16. The average Bonchev–Trinajstić information content (AvgIpc) is 2.48. The van der Waals surface area contributed by atoms with Gasteiger partial charge < -0.3 is 15.5 Å². The number of anilines is 3. The van der Waals surface area contributed by atoms with E-state index >= 15 is 0 Å². The van der Waals surface area contributed by atoms with Crippen LogP contribution in [0.3, 0.4) is 0 Å². The Bertz CT molecular complexity index is 627. The lowest BCUT2D eigenvalue weighted by molar-refractivity contribution is -0.384. The molecule has 0 bridgehead atoms. The van der Waals surface area contributed by atoms with Gasteiger partial charge in [0.1, 0.15) is 0 Å². The molecule has 2 N–H and O–H groups in total. The normalized spacial score (nSPS) is 9.45. The van der Waals surface area contributed by atoms with E-state index in [0.29, 0.717) is 0 Å². The van der Waals surface area contributed by atoms with Crippen molar-refractivity contribution in [3.8, 4) is 0 Å². The standard InChI is InChI=1S/C8H10N2O2.C8H12N2/c1-9(2)7-4-3-5-8(6-7)10(11)12;1-10(2)8-5-3-4-7(9)6-8/h3-6H,1-2H3;3-6H,9H2,1-2H3. The number of nitro groups is 1. The Balaban J connectivity index is 0.000000224. The molecule has 22 heavy (non-hydrogen) atoms. The second-order valence-electron chi connectivity index (χ2n) is 5.16. The van der Waals surface area contributed by atoms with Crippen LogP contribution in [0.5, 0.6) is 0 Å². The van der Waals surface area contributed by atoms with Gasteiger partial charge in [0, 0.05) is 57.4 Å². The van der Waals surface area contributed by atoms with E-state index in [9.17, 15) is 10.1 Å². The molecular formula is C16H22N4O2. The van der Waals surface area contributed by atoms with E-state index in [1.54, 1.807) is 12.1 Å². The number of non-ortho nitro benzene ring substituents is 1. The zero-order chi connectivity index (χ0) is 16.7. The number of nitrogens with zero attached hydrogens (tertiary/aromatic N) is 3. The van der Waals surface area contributed by atoms with Gasteiger partial charge in [-0.1, -0.05) is 12.1 Å². The first-order chi connectivity index (χ1) is 10.3. The largest absolute Gasteiger partial charge is 0.399 e. The number of nitrogen functional groups attached to an aromatic ring is 1. The molecule has 6 nitrogen and oxygen atoms in total. The van der Waals surface area contributed by atoms with Gasteiger partial charge in [0.2, 0.25) is 0 Å². The van der Waals surface area contributed by atoms with Gasteiger partial charge in [-0.05, 0) is 24.3 Å². The van der Waals surface area contributed by atoms with Crippen LogP contribution >= 0.6 is 0 Å². The summed E-state index contributed by atoms with van der Waals surface area (Å²) in [5.41, 5.74) is 8.48. The van der Waals surface area contributed by atoms with Crippen LogP contribution in [0.2, 0.25) is 0 Å². The summed E-state index contributed by atoms with van der Waals surface area (Å²) < 4.78 is 0. The molecular weight excluding hydrogens is 280 g/mol. The first-order valence-electron chi connectivity index (χ1n) is 6.76. The summed E-state index contributed by atoms with van der Waals surface area (Å²) >= 11 is 0. The maximum atomic E-state index is 10.4. The highest BCUT2D eigenvalue weighted by atomic mass is 16.6. The number of rotatable bonds is 3. The van der Waals surface area contributed by atoms with Crippen LogP contribution in [0, 0.1) is 10.1 Å². The summed E-state index contributed by atoms with van der Waals surface area (Å²) in [6.45, 7) is 0. The van der Waals surface area contributed by atoms with E-state index in [2.05, 4.69) is 0 Å². The lowest BCUT2D eigenvalue weighted by Gasteiger charge is -2.11. The molecule has 6 heteroatoms. The highest BCUT2D eigenvalue weighted by molar-refractivity contribution is 5.55. The van der Waals surface area contributed by atoms with Crippen LogP contribution in [-0.2, 0) is 0 Å². The van der Waals surface area contributed by atoms with Crippen molar-refractivity contribution in [2.75, 3.05) is 43.7 Å².